The highest BCUT2D eigenvalue weighted by Crippen LogP contribution is 2.56. The van der Waals surface area contributed by atoms with Crippen LogP contribution in [0.15, 0.2) is 30.0 Å². The van der Waals surface area contributed by atoms with Gasteiger partial charge in [0.05, 0.1) is 34.0 Å². The maximum absolute atomic E-state index is 9.93. The molecule has 1 heterocycles. The summed E-state index contributed by atoms with van der Waals surface area (Å²) >= 11 is 12.6. The van der Waals surface area contributed by atoms with Crippen molar-refractivity contribution in [3.8, 4) is 18.2 Å². The second kappa shape index (κ2) is 6.65. The Morgan fingerprint density at radius 1 is 1.23 bits per heavy atom. The zero-order chi connectivity index (χ0) is 19.1. The third-order valence-electron chi connectivity index (χ3n) is 5.30. The van der Waals surface area contributed by atoms with E-state index in [4.69, 9.17) is 28.6 Å². The SMILES string of the molecule is CN1C=C2C(C#N)C(=N)C(C#N)(C#N)[C@@H](c3cccc(Cl)c3Cl)[C@@H]2CC1. The summed E-state index contributed by atoms with van der Waals surface area (Å²) in [6, 6.07) is 11.3. The van der Waals surface area contributed by atoms with Crippen molar-refractivity contribution >= 4 is 28.9 Å². The molecule has 5 nitrogen and oxygen atoms in total. The number of benzene rings is 1. The molecule has 0 radical (unpaired) electrons. The summed E-state index contributed by atoms with van der Waals surface area (Å²) in [5.74, 6) is -1.78. The molecule has 1 saturated carbocycles. The highest BCUT2D eigenvalue weighted by atomic mass is 35.5. The Hall–Kier alpha value is -2.52. The molecule has 0 amide bonds. The number of halogens is 2. The van der Waals surface area contributed by atoms with Crippen LogP contribution in [-0.4, -0.2) is 24.2 Å². The van der Waals surface area contributed by atoms with Crippen molar-refractivity contribution in [2.75, 3.05) is 13.6 Å². The minimum Gasteiger partial charge on any atom is -0.380 e. The van der Waals surface area contributed by atoms with Crippen LogP contribution in [0.2, 0.25) is 10.0 Å². The molecule has 3 atom stereocenters. The van der Waals surface area contributed by atoms with Crippen LogP contribution < -0.4 is 0 Å². The Labute approximate surface area is 162 Å². The van der Waals surface area contributed by atoms with E-state index in [1.54, 1.807) is 18.2 Å². The van der Waals surface area contributed by atoms with Gasteiger partial charge in [-0.1, -0.05) is 35.3 Å². The number of hydrogen-bond acceptors (Lipinski definition) is 5. The predicted molar refractivity (Wildman–Crippen MR) is 98.5 cm³/mol. The van der Waals surface area contributed by atoms with E-state index in [1.807, 2.05) is 30.3 Å². The molecule has 1 aliphatic heterocycles. The number of rotatable bonds is 1. The van der Waals surface area contributed by atoms with E-state index >= 15 is 0 Å². The molecule has 3 rings (SSSR count). The summed E-state index contributed by atoms with van der Waals surface area (Å²) in [7, 11) is 1.90. The summed E-state index contributed by atoms with van der Waals surface area (Å²) in [5, 5.41) is 38.7. The van der Waals surface area contributed by atoms with Gasteiger partial charge in [0, 0.05) is 19.5 Å². The molecule has 1 unspecified atom stereocenters. The van der Waals surface area contributed by atoms with Crippen LogP contribution in [0.5, 0.6) is 0 Å². The summed E-state index contributed by atoms with van der Waals surface area (Å²) < 4.78 is 0. The predicted octanol–water partition coefficient (Wildman–Crippen LogP) is 4.12. The maximum Gasteiger partial charge on any atom is 0.189 e. The topological polar surface area (TPSA) is 98.5 Å². The van der Waals surface area contributed by atoms with Crippen LogP contribution in [0.25, 0.3) is 0 Å². The van der Waals surface area contributed by atoms with Gasteiger partial charge in [0.1, 0.15) is 5.92 Å². The van der Waals surface area contributed by atoms with Gasteiger partial charge in [0.25, 0.3) is 0 Å². The summed E-state index contributed by atoms with van der Waals surface area (Å²) in [6.45, 7) is 0.723. The van der Waals surface area contributed by atoms with Crippen LogP contribution in [0.3, 0.4) is 0 Å². The van der Waals surface area contributed by atoms with Gasteiger partial charge in [0.2, 0.25) is 0 Å². The lowest BCUT2D eigenvalue weighted by atomic mass is 9.54. The molecule has 26 heavy (non-hydrogen) atoms. The van der Waals surface area contributed by atoms with Gasteiger partial charge in [0.15, 0.2) is 5.41 Å². The van der Waals surface area contributed by atoms with Gasteiger partial charge in [-0.3, -0.25) is 0 Å². The molecule has 1 N–H and O–H groups in total. The first-order valence-electron chi connectivity index (χ1n) is 8.08. The minimum absolute atomic E-state index is 0.191. The van der Waals surface area contributed by atoms with Crippen LogP contribution >= 0.6 is 23.2 Å². The first kappa shape index (κ1) is 18.3. The van der Waals surface area contributed by atoms with Crippen LogP contribution in [0.4, 0.5) is 0 Å². The first-order valence-corrected chi connectivity index (χ1v) is 8.83. The summed E-state index contributed by atoms with van der Waals surface area (Å²) in [4.78, 5) is 1.96. The number of nitrogens with zero attached hydrogens (tertiary/aromatic N) is 4. The molecule has 0 bridgehead atoms. The number of nitriles is 3. The lowest BCUT2D eigenvalue weighted by Gasteiger charge is -2.47. The number of fused-ring (bicyclic) bond motifs is 1. The second-order valence-electron chi connectivity index (χ2n) is 6.63. The molecular weight excluding hydrogens is 369 g/mol. The average Bonchev–Trinajstić information content (AvgIpc) is 2.64. The maximum atomic E-state index is 9.93. The fraction of sp³-hybridized carbons (Fsp3) is 0.368. The van der Waals surface area contributed by atoms with Crippen molar-refractivity contribution in [3.63, 3.8) is 0 Å². The van der Waals surface area contributed by atoms with Crippen molar-refractivity contribution in [2.24, 2.45) is 17.3 Å². The Bertz CT molecular complexity index is 917. The third-order valence-corrected chi connectivity index (χ3v) is 6.14. The van der Waals surface area contributed by atoms with E-state index < -0.39 is 17.3 Å². The lowest BCUT2D eigenvalue weighted by molar-refractivity contribution is 0.272. The smallest absolute Gasteiger partial charge is 0.189 e. The van der Waals surface area contributed by atoms with Crippen molar-refractivity contribution in [3.05, 3.63) is 45.6 Å². The highest BCUT2D eigenvalue weighted by molar-refractivity contribution is 6.42. The normalized spacial score (nSPS) is 26.8. The second-order valence-corrected chi connectivity index (χ2v) is 7.42. The van der Waals surface area contributed by atoms with E-state index in [0.29, 0.717) is 17.0 Å². The molecular formula is C19H15Cl2N5. The van der Waals surface area contributed by atoms with E-state index in [1.165, 1.54) is 0 Å². The van der Waals surface area contributed by atoms with Gasteiger partial charge in [-0.05, 0) is 35.7 Å². The van der Waals surface area contributed by atoms with Gasteiger partial charge in [-0.25, -0.2) is 0 Å². The zero-order valence-electron chi connectivity index (χ0n) is 14.0. The van der Waals surface area contributed by atoms with Crippen molar-refractivity contribution in [2.45, 2.75) is 12.3 Å². The van der Waals surface area contributed by atoms with Crippen molar-refractivity contribution in [1.82, 2.24) is 4.90 Å². The molecule has 0 saturated heterocycles. The molecule has 0 aromatic heterocycles. The van der Waals surface area contributed by atoms with Gasteiger partial charge in [-0.15, -0.1) is 0 Å². The molecule has 1 aromatic carbocycles. The Kier molecular flexibility index (Phi) is 4.68. The van der Waals surface area contributed by atoms with Gasteiger partial charge >= 0.3 is 0 Å². The van der Waals surface area contributed by atoms with Gasteiger partial charge < -0.3 is 10.3 Å². The zero-order valence-corrected chi connectivity index (χ0v) is 15.5. The Morgan fingerprint density at radius 3 is 2.54 bits per heavy atom. The van der Waals surface area contributed by atoms with E-state index in [-0.39, 0.29) is 16.7 Å². The van der Waals surface area contributed by atoms with E-state index in [2.05, 4.69) is 6.07 Å². The standard InChI is InChI=1S/C19H15Cl2N5/c1-26-6-5-11-14(8-26)13(7-22)18(25)19(9-23,10-24)16(11)12-3-2-4-15(20)17(12)21/h2-4,8,11,13,16,25H,5-6H2,1H3/t11-,13?,16-/m1/s1. The average molecular weight is 384 g/mol. The quantitative estimate of drug-likeness (QED) is 0.787. The summed E-state index contributed by atoms with van der Waals surface area (Å²) in [6.07, 6.45) is 2.52. The Morgan fingerprint density at radius 2 is 1.92 bits per heavy atom. The monoisotopic (exact) mass is 383 g/mol. The number of hydrogen-bond donors (Lipinski definition) is 1. The number of allylic oxidation sites excluding steroid dienone is 1. The molecule has 7 heteroatoms. The fourth-order valence-electron chi connectivity index (χ4n) is 4.07. The minimum atomic E-state index is -1.76. The van der Waals surface area contributed by atoms with Crippen LogP contribution in [0.1, 0.15) is 17.9 Å². The molecule has 1 fully saturated rings. The summed E-state index contributed by atoms with van der Waals surface area (Å²) in [5.41, 5.74) is -0.617. The largest absolute Gasteiger partial charge is 0.380 e. The molecule has 1 aliphatic carbocycles. The van der Waals surface area contributed by atoms with Crippen molar-refractivity contribution < 1.29 is 0 Å². The van der Waals surface area contributed by atoms with Crippen LogP contribution in [-0.2, 0) is 0 Å². The molecule has 1 aromatic rings. The van der Waals surface area contributed by atoms with E-state index in [0.717, 1.165) is 12.1 Å². The molecule has 2 aliphatic rings. The highest BCUT2D eigenvalue weighted by Gasteiger charge is 2.58. The van der Waals surface area contributed by atoms with Crippen molar-refractivity contribution in [1.29, 1.82) is 21.2 Å². The molecule has 130 valence electrons. The molecule has 0 spiro atoms. The van der Waals surface area contributed by atoms with E-state index in [9.17, 15) is 15.8 Å². The van der Waals surface area contributed by atoms with Gasteiger partial charge in [-0.2, -0.15) is 15.8 Å². The lowest BCUT2D eigenvalue weighted by Crippen LogP contribution is -2.50. The van der Waals surface area contributed by atoms with Crippen LogP contribution in [0, 0.1) is 56.7 Å². The first-order chi connectivity index (χ1) is 12.4. The third kappa shape index (κ3) is 2.46. The number of nitrogens with one attached hydrogen (secondary N) is 1. The Balaban J connectivity index is 2.32. The fourth-order valence-corrected chi connectivity index (χ4v) is 4.50.